The summed E-state index contributed by atoms with van der Waals surface area (Å²) in [4.78, 5) is 43.1. The maximum atomic E-state index is 13.4. The Bertz CT molecular complexity index is 920. The van der Waals surface area contributed by atoms with Gasteiger partial charge in [0.25, 0.3) is 0 Å². The molecule has 3 amide bonds. The summed E-state index contributed by atoms with van der Waals surface area (Å²) in [6, 6.07) is 9.23. The lowest BCUT2D eigenvalue weighted by molar-refractivity contribution is -0.127. The number of benzene rings is 1. The number of carboxylic acid groups (broad SMARTS) is 1. The molecule has 9 heteroatoms. The molecule has 2 unspecified atom stereocenters. The number of hydrogen-bond acceptors (Lipinski definition) is 5. The van der Waals surface area contributed by atoms with Crippen molar-refractivity contribution < 1.29 is 24.2 Å². The summed E-state index contributed by atoms with van der Waals surface area (Å²) >= 11 is 0. The second-order valence-corrected chi connectivity index (χ2v) is 12.4. The van der Waals surface area contributed by atoms with E-state index in [1.165, 1.54) is 9.80 Å². The largest absolute Gasteiger partial charge is 0.465 e. The third kappa shape index (κ3) is 7.85. The van der Waals surface area contributed by atoms with Gasteiger partial charge in [-0.05, 0) is 45.6 Å². The SMILES string of the molecule is CC(C)(C)OC(=O)N(CC1C(C(C)(C)C)N(C(=O)O)CCN1Cc1ccccc1)CC(C)(C)C(N)=O. The molecule has 1 heterocycles. The molecule has 0 aliphatic carbocycles. The first-order chi connectivity index (χ1) is 16.4. The Labute approximate surface area is 215 Å². The molecule has 2 rings (SSSR count). The maximum Gasteiger partial charge on any atom is 0.410 e. The molecule has 1 aliphatic rings. The van der Waals surface area contributed by atoms with Crippen molar-refractivity contribution in [1.82, 2.24) is 14.7 Å². The van der Waals surface area contributed by atoms with Gasteiger partial charge in [-0.15, -0.1) is 0 Å². The van der Waals surface area contributed by atoms with E-state index in [0.29, 0.717) is 19.6 Å². The smallest absolute Gasteiger partial charge is 0.410 e. The third-order valence-corrected chi connectivity index (χ3v) is 6.47. The van der Waals surface area contributed by atoms with Crippen molar-refractivity contribution in [2.24, 2.45) is 16.6 Å². The zero-order valence-electron chi connectivity index (χ0n) is 23.1. The van der Waals surface area contributed by atoms with Crippen molar-refractivity contribution in [2.75, 3.05) is 26.2 Å². The average molecular weight is 505 g/mol. The van der Waals surface area contributed by atoms with E-state index in [0.717, 1.165) is 5.56 Å². The minimum atomic E-state index is -1.00. The van der Waals surface area contributed by atoms with Crippen LogP contribution in [0.4, 0.5) is 9.59 Å². The second kappa shape index (κ2) is 11.1. The lowest BCUT2D eigenvalue weighted by atomic mass is 9.78. The van der Waals surface area contributed by atoms with Crippen LogP contribution in [0.5, 0.6) is 0 Å². The normalized spacial score (nSPS) is 19.6. The Balaban J connectivity index is 2.54. The number of carbonyl (C=O) groups is 3. The van der Waals surface area contributed by atoms with Crippen molar-refractivity contribution in [3.05, 3.63) is 35.9 Å². The van der Waals surface area contributed by atoms with Gasteiger partial charge in [0.05, 0.1) is 11.5 Å². The number of nitrogens with two attached hydrogens (primary N) is 1. The van der Waals surface area contributed by atoms with Crippen LogP contribution in [0, 0.1) is 10.8 Å². The van der Waals surface area contributed by atoms with Crippen LogP contribution in [0.25, 0.3) is 0 Å². The highest BCUT2D eigenvalue weighted by Crippen LogP contribution is 2.34. The predicted octanol–water partition coefficient (Wildman–Crippen LogP) is 4.01. The van der Waals surface area contributed by atoms with Gasteiger partial charge in [0.15, 0.2) is 0 Å². The molecular weight excluding hydrogens is 460 g/mol. The highest BCUT2D eigenvalue weighted by molar-refractivity contribution is 5.81. The van der Waals surface area contributed by atoms with Crippen molar-refractivity contribution in [3.63, 3.8) is 0 Å². The van der Waals surface area contributed by atoms with Crippen LogP contribution in [0.1, 0.15) is 61.0 Å². The maximum absolute atomic E-state index is 13.4. The van der Waals surface area contributed by atoms with Crippen LogP contribution in [0.2, 0.25) is 0 Å². The van der Waals surface area contributed by atoms with Gasteiger partial charge in [-0.3, -0.25) is 9.69 Å². The molecule has 1 saturated heterocycles. The van der Waals surface area contributed by atoms with Gasteiger partial charge < -0.3 is 25.4 Å². The van der Waals surface area contributed by atoms with Crippen molar-refractivity contribution in [2.45, 2.75) is 79.6 Å². The molecule has 1 aromatic carbocycles. The molecule has 1 aliphatic heterocycles. The van der Waals surface area contributed by atoms with Gasteiger partial charge >= 0.3 is 12.2 Å². The van der Waals surface area contributed by atoms with Gasteiger partial charge in [-0.2, -0.15) is 0 Å². The Morgan fingerprint density at radius 3 is 2.08 bits per heavy atom. The monoisotopic (exact) mass is 504 g/mol. The number of piperazine rings is 1. The fraction of sp³-hybridized carbons (Fsp3) is 0.667. The number of nitrogens with zero attached hydrogens (tertiary/aromatic N) is 3. The lowest BCUT2D eigenvalue weighted by Crippen LogP contribution is -2.67. The summed E-state index contributed by atoms with van der Waals surface area (Å²) in [7, 11) is 0. The van der Waals surface area contributed by atoms with Crippen LogP contribution in [-0.2, 0) is 16.1 Å². The van der Waals surface area contributed by atoms with Crippen LogP contribution in [0.3, 0.4) is 0 Å². The van der Waals surface area contributed by atoms with Gasteiger partial charge in [0, 0.05) is 38.8 Å². The minimum Gasteiger partial charge on any atom is -0.465 e. The molecule has 3 N–H and O–H groups in total. The van der Waals surface area contributed by atoms with Crippen LogP contribution in [-0.4, -0.2) is 81.8 Å². The quantitative estimate of drug-likeness (QED) is 0.579. The van der Waals surface area contributed by atoms with E-state index in [2.05, 4.69) is 4.90 Å². The van der Waals surface area contributed by atoms with Gasteiger partial charge in [0.1, 0.15) is 5.60 Å². The first kappa shape index (κ1) is 29.4. The highest BCUT2D eigenvalue weighted by Gasteiger charge is 2.47. The van der Waals surface area contributed by atoms with E-state index < -0.39 is 40.6 Å². The molecule has 0 bridgehead atoms. The fourth-order valence-corrected chi connectivity index (χ4v) is 4.75. The van der Waals surface area contributed by atoms with Gasteiger partial charge in [0.2, 0.25) is 5.91 Å². The number of carbonyl (C=O) groups excluding carboxylic acids is 2. The Morgan fingerprint density at radius 2 is 1.61 bits per heavy atom. The van der Waals surface area contributed by atoms with E-state index in [1.807, 2.05) is 51.1 Å². The van der Waals surface area contributed by atoms with Crippen molar-refractivity contribution >= 4 is 18.1 Å². The van der Waals surface area contributed by atoms with E-state index in [4.69, 9.17) is 10.5 Å². The predicted molar refractivity (Wildman–Crippen MR) is 139 cm³/mol. The molecule has 9 nitrogen and oxygen atoms in total. The Morgan fingerprint density at radius 1 is 1.03 bits per heavy atom. The van der Waals surface area contributed by atoms with E-state index in [9.17, 15) is 19.5 Å². The van der Waals surface area contributed by atoms with Crippen LogP contribution < -0.4 is 5.73 Å². The zero-order valence-corrected chi connectivity index (χ0v) is 23.1. The molecule has 0 radical (unpaired) electrons. The molecule has 0 saturated carbocycles. The number of hydrogen-bond donors (Lipinski definition) is 2. The zero-order chi connectivity index (χ0) is 27.5. The Kier molecular flexibility index (Phi) is 9.05. The molecule has 202 valence electrons. The fourth-order valence-electron chi connectivity index (χ4n) is 4.75. The lowest BCUT2D eigenvalue weighted by Gasteiger charge is -2.52. The first-order valence-electron chi connectivity index (χ1n) is 12.5. The molecule has 2 atom stereocenters. The summed E-state index contributed by atoms with van der Waals surface area (Å²) in [6.45, 7) is 16.5. The molecule has 0 aromatic heterocycles. The molecule has 1 fully saturated rings. The van der Waals surface area contributed by atoms with Crippen molar-refractivity contribution in [1.29, 1.82) is 0 Å². The number of amides is 3. The number of primary amides is 1. The first-order valence-corrected chi connectivity index (χ1v) is 12.5. The summed E-state index contributed by atoms with van der Waals surface area (Å²) in [6.07, 6.45) is -1.54. The van der Waals surface area contributed by atoms with Crippen LogP contribution in [0.15, 0.2) is 30.3 Å². The molecular formula is C27H44N4O5. The summed E-state index contributed by atoms with van der Waals surface area (Å²) in [5.41, 5.74) is 4.59. The van der Waals surface area contributed by atoms with Gasteiger partial charge in [-0.1, -0.05) is 51.1 Å². The minimum absolute atomic E-state index is 0.0524. The standard InChI is InChI=1S/C27H44N4O5/c1-25(2,3)21-20(17-30(18-27(7,8)22(28)32)24(35)36-26(4,5)6)29(14-15-31(21)23(33)34)16-19-12-10-9-11-13-19/h9-13,20-21H,14-18H2,1-8H3,(H2,28,32)(H,33,34). The molecule has 1 aromatic rings. The summed E-state index contributed by atoms with van der Waals surface area (Å²) < 4.78 is 5.70. The van der Waals surface area contributed by atoms with Crippen LogP contribution >= 0.6 is 0 Å². The van der Waals surface area contributed by atoms with E-state index >= 15 is 0 Å². The molecule has 36 heavy (non-hydrogen) atoms. The number of ether oxygens (including phenoxy) is 1. The summed E-state index contributed by atoms with van der Waals surface area (Å²) in [5, 5.41) is 10.1. The topological polar surface area (TPSA) is 116 Å². The summed E-state index contributed by atoms with van der Waals surface area (Å²) in [5.74, 6) is -0.527. The average Bonchev–Trinajstić information content (AvgIpc) is 2.72. The molecule has 0 spiro atoms. The van der Waals surface area contributed by atoms with Gasteiger partial charge in [-0.25, -0.2) is 9.59 Å². The van der Waals surface area contributed by atoms with Crippen molar-refractivity contribution in [3.8, 4) is 0 Å². The van der Waals surface area contributed by atoms with E-state index in [1.54, 1.807) is 34.6 Å². The number of rotatable bonds is 7. The van der Waals surface area contributed by atoms with E-state index in [-0.39, 0.29) is 19.1 Å². The Hall–Kier alpha value is -2.81. The second-order valence-electron chi connectivity index (χ2n) is 12.4. The highest BCUT2D eigenvalue weighted by atomic mass is 16.6. The third-order valence-electron chi connectivity index (χ3n) is 6.47.